The van der Waals surface area contributed by atoms with Crippen LogP contribution in [0.25, 0.3) is 0 Å². The second kappa shape index (κ2) is 8.99. The SMILES string of the molecule is CNC(=O)c1cccc(CCN[C@@H](C)c2cccc(NC(C)=O)c2)c1. The Labute approximate surface area is 148 Å². The Morgan fingerprint density at radius 2 is 1.84 bits per heavy atom. The lowest BCUT2D eigenvalue weighted by Crippen LogP contribution is -2.22. The lowest BCUT2D eigenvalue weighted by atomic mass is 10.1. The highest BCUT2D eigenvalue weighted by molar-refractivity contribution is 5.94. The van der Waals surface area contributed by atoms with Crippen LogP contribution >= 0.6 is 0 Å². The van der Waals surface area contributed by atoms with Crippen LogP contribution in [0.5, 0.6) is 0 Å². The van der Waals surface area contributed by atoms with E-state index in [0.29, 0.717) is 5.56 Å². The molecule has 5 heteroatoms. The van der Waals surface area contributed by atoms with Gasteiger partial charge in [-0.05, 0) is 55.3 Å². The van der Waals surface area contributed by atoms with Gasteiger partial charge in [-0.15, -0.1) is 0 Å². The van der Waals surface area contributed by atoms with E-state index in [4.69, 9.17) is 0 Å². The van der Waals surface area contributed by atoms with E-state index in [1.165, 1.54) is 6.92 Å². The van der Waals surface area contributed by atoms with E-state index in [-0.39, 0.29) is 17.9 Å². The monoisotopic (exact) mass is 339 g/mol. The molecule has 2 aromatic carbocycles. The molecule has 0 fully saturated rings. The Morgan fingerprint density at radius 1 is 1.08 bits per heavy atom. The first-order chi connectivity index (χ1) is 12.0. The molecule has 25 heavy (non-hydrogen) atoms. The van der Waals surface area contributed by atoms with E-state index in [1.54, 1.807) is 7.05 Å². The fourth-order valence-corrected chi connectivity index (χ4v) is 2.65. The average Bonchev–Trinajstić information content (AvgIpc) is 2.61. The fraction of sp³-hybridized carbons (Fsp3) is 0.300. The molecule has 2 rings (SSSR count). The molecule has 2 aromatic rings. The van der Waals surface area contributed by atoms with E-state index in [9.17, 15) is 9.59 Å². The summed E-state index contributed by atoms with van der Waals surface area (Å²) in [6.45, 7) is 4.39. The molecule has 0 saturated heterocycles. The van der Waals surface area contributed by atoms with Crippen LogP contribution < -0.4 is 16.0 Å². The maximum atomic E-state index is 11.7. The van der Waals surface area contributed by atoms with Gasteiger partial charge in [0.2, 0.25) is 5.91 Å². The molecule has 0 aliphatic carbocycles. The van der Waals surface area contributed by atoms with Gasteiger partial charge < -0.3 is 16.0 Å². The molecule has 0 saturated carbocycles. The van der Waals surface area contributed by atoms with Crippen LogP contribution in [0.4, 0.5) is 5.69 Å². The van der Waals surface area contributed by atoms with Crippen molar-refractivity contribution < 1.29 is 9.59 Å². The average molecular weight is 339 g/mol. The highest BCUT2D eigenvalue weighted by Gasteiger charge is 2.07. The van der Waals surface area contributed by atoms with Crippen molar-refractivity contribution >= 4 is 17.5 Å². The minimum atomic E-state index is -0.0752. The first-order valence-electron chi connectivity index (χ1n) is 8.41. The molecular formula is C20H25N3O2. The van der Waals surface area contributed by atoms with Crippen molar-refractivity contribution in [2.45, 2.75) is 26.3 Å². The summed E-state index contributed by atoms with van der Waals surface area (Å²) < 4.78 is 0. The van der Waals surface area contributed by atoms with Crippen molar-refractivity contribution in [3.63, 3.8) is 0 Å². The highest BCUT2D eigenvalue weighted by atomic mass is 16.2. The van der Waals surface area contributed by atoms with E-state index >= 15 is 0 Å². The number of hydrogen-bond acceptors (Lipinski definition) is 3. The number of rotatable bonds is 7. The molecule has 0 aliphatic rings. The summed E-state index contributed by atoms with van der Waals surface area (Å²) in [6.07, 6.45) is 0.834. The van der Waals surface area contributed by atoms with E-state index < -0.39 is 0 Å². The molecule has 0 aliphatic heterocycles. The van der Waals surface area contributed by atoms with Crippen LogP contribution in [0.1, 0.15) is 41.4 Å². The molecule has 1 atom stereocenters. The van der Waals surface area contributed by atoms with Crippen LogP contribution in [-0.4, -0.2) is 25.4 Å². The molecule has 132 valence electrons. The number of nitrogens with one attached hydrogen (secondary N) is 3. The Hall–Kier alpha value is -2.66. The molecule has 0 unspecified atom stereocenters. The molecule has 2 amide bonds. The lowest BCUT2D eigenvalue weighted by molar-refractivity contribution is -0.114. The smallest absolute Gasteiger partial charge is 0.251 e. The number of hydrogen-bond donors (Lipinski definition) is 3. The zero-order chi connectivity index (χ0) is 18.2. The van der Waals surface area contributed by atoms with Crippen molar-refractivity contribution in [3.8, 4) is 0 Å². The second-order valence-corrected chi connectivity index (χ2v) is 6.01. The molecule has 0 spiro atoms. The minimum Gasteiger partial charge on any atom is -0.355 e. The van der Waals surface area contributed by atoms with E-state index in [1.807, 2.05) is 48.5 Å². The topological polar surface area (TPSA) is 70.2 Å². The van der Waals surface area contributed by atoms with Gasteiger partial charge in [-0.2, -0.15) is 0 Å². The van der Waals surface area contributed by atoms with Gasteiger partial charge >= 0.3 is 0 Å². The summed E-state index contributed by atoms with van der Waals surface area (Å²) in [7, 11) is 1.63. The molecule has 0 bridgehead atoms. The van der Waals surface area contributed by atoms with E-state index in [0.717, 1.165) is 29.8 Å². The van der Waals surface area contributed by atoms with Crippen LogP contribution in [-0.2, 0) is 11.2 Å². The van der Waals surface area contributed by atoms with Crippen molar-refractivity contribution in [2.75, 3.05) is 18.9 Å². The molecule has 0 aromatic heterocycles. The zero-order valence-electron chi connectivity index (χ0n) is 14.9. The largest absolute Gasteiger partial charge is 0.355 e. The van der Waals surface area contributed by atoms with Crippen LogP contribution in [0.2, 0.25) is 0 Å². The Kier molecular flexibility index (Phi) is 6.71. The highest BCUT2D eigenvalue weighted by Crippen LogP contribution is 2.17. The van der Waals surface area contributed by atoms with E-state index in [2.05, 4.69) is 22.9 Å². The van der Waals surface area contributed by atoms with Crippen LogP contribution in [0.15, 0.2) is 48.5 Å². The molecule has 0 heterocycles. The van der Waals surface area contributed by atoms with Gasteiger partial charge in [-0.3, -0.25) is 9.59 Å². The van der Waals surface area contributed by atoms with Gasteiger partial charge in [0.25, 0.3) is 5.91 Å². The predicted molar refractivity (Wildman–Crippen MR) is 101 cm³/mol. The maximum absolute atomic E-state index is 11.7. The summed E-state index contributed by atoms with van der Waals surface area (Å²) in [5.41, 5.74) is 3.71. The first kappa shape index (κ1) is 18.7. The van der Waals surface area contributed by atoms with Gasteiger partial charge in [0.05, 0.1) is 0 Å². The number of anilines is 1. The molecule has 3 N–H and O–H groups in total. The standard InChI is InChI=1S/C20H25N3O2/c1-14(17-7-5-9-19(13-17)23-15(2)24)22-11-10-16-6-4-8-18(12-16)20(25)21-3/h4-9,12-14,22H,10-11H2,1-3H3,(H,21,25)(H,23,24)/t14-/m0/s1. The summed E-state index contributed by atoms with van der Waals surface area (Å²) in [5, 5.41) is 8.92. The Morgan fingerprint density at radius 3 is 2.56 bits per heavy atom. The zero-order valence-corrected chi connectivity index (χ0v) is 14.9. The Bertz CT molecular complexity index is 743. The van der Waals surface area contributed by atoms with Crippen molar-refractivity contribution in [1.29, 1.82) is 0 Å². The second-order valence-electron chi connectivity index (χ2n) is 6.01. The van der Waals surface area contributed by atoms with Gasteiger partial charge in [-0.1, -0.05) is 24.3 Å². The Balaban J connectivity index is 1.91. The third-order valence-corrected chi connectivity index (χ3v) is 3.99. The van der Waals surface area contributed by atoms with Crippen molar-refractivity contribution in [1.82, 2.24) is 10.6 Å². The lowest BCUT2D eigenvalue weighted by Gasteiger charge is -2.15. The summed E-state index contributed by atoms with van der Waals surface area (Å²) in [6, 6.07) is 15.6. The predicted octanol–water partition coefficient (Wildman–Crippen LogP) is 2.90. The number of carbonyl (C=O) groups is 2. The van der Waals surface area contributed by atoms with Gasteiger partial charge in [0.15, 0.2) is 0 Å². The van der Waals surface area contributed by atoms with Crippen LogP contribution in [0.3, 0.4) is 0 Å². The molecular weight excluding hydrogens is 314 g/mol. The number of amides is 2. The number of carbonyl (C=O) groups excluding carboxylic acids is 2. The minimum absolute atomic E-state index is 0.0713. The van der Waals surface area contributed by atoms with Gasteiger partial charge in [0.1, 0.15) is 0 Å². The third kappa shape index (κ3) is 5.72. The maximum Gasteiger partial charge on any atom is 0.251 e. The van der Waals surface area contributed by atoms with Crippen LogP contribution in [0, 0.1) is 0 Å². The van der Waals surface area contributed by atoms with Gasteiger partial charge in [-0.25, -0.2) is 0 Å². The normalized spacial score (nSPS) is 11.6. The number of benzene rings is 2. The molecule has 5 nitrogen and oxygen atoms in total. The first-order valence-corrected chi connectivity index (χ1v) is 8.41. The summed E-state index contributed by atoms with van der Waals surface area (Å²) in [4.78, 5) is 22.8. The van der Waals surface area contributed by atoms with Crippen molar-refractivity contribution in [2.24, 2.45) is 0 Å². The third-order valence-electron chi connectivity index (χ3n) is 3.99. The van der Waals surface area contributed by atoms with Crippen molar-refractivity contribution in [3.05, 3.63) is 65.2 Å². The fourth-order valence-electron chi connectivity index (χ4n) is 2.65. The van der Waals surface area contributed by atoms with Gasteiger partial charge in [0, 0.05) is 31.3 Å². The summed E-state index contributed by atoms with van der Waals surface area (Å²) in [5.74, 6) is -0.147. The quantitative estimate of drug-likeness (QED) is 0.726. The molecule has 0 radical (unpaired) electrons. The summed E-state index contributed by atoms with van der Waals surface area (Å²) >= 11 is 0.